The Bertz CT molecular complexity index is 66.8. The number of halogens is 1. The van der Waals surface area contributed by atoms with Crippen LogP contribution in [0.15, 0.2) is 0 Å². The summed E-state index contributed by atoms with van der Waals surface area (Å²) in [4.78, 5) is 10.6. The molecule has 0 spiro atoms. The van der Waals surface area contributed by atoms with Gasteiger partial charge in [-0.25, -0.2) is 0 Å². The average molecular weight is 227 g/mol. The molecule has 0 fully saturated rings. The Morgan fingerprint density at radius 1 is 1.50 bits per heavy atom. The van der Waals surface area contributed by atoms with Gasteiger partial charge >= 0.3 is 0 Å². The number of hydrogen-bond acceptors (Lipinski definition) is 2. The molecule has 0 aromatic rings. The highest BCUT2D eigenvalue weighted by Crippen LogP contribution is 1.92. The largest absolute Gasteiger partial charge is 0.330 e. The summed E-state index contributed by atoms with van der Waals surface area (Å²) in [5.41, 5.74) is 5.14. The standard InChI is InChI=1S/C5H10INO/c6-3-1-5(8)2-4-7/h1-4,7H2. The van der Waals surface area contributed by atoms with Crippen molar-refractivity contribution in [3.8, 4) is 0 Å². The van der Waals surface area contributed by atoms with Gasteiger partial charge in [0.15, 0.2) is 0 Å². The van der Waals surface area contributed by atoms with Gasteiger partial charge in [0.2, 0.25) is 0 Å². The fraction of sp³-hybridized carbons (Fsp3) is 0.800. The quantitative estimate of drug-likeness (QED) is 0.568. The third kappa shape index (κ3) is 4.52. The fourth-order valence-electron chi connectivity index (χ4n) is 0.391. The van der Waals surface area contributed by atoms with E-state index < -0.39 is 0 Å². The van der Waals surface area contributed by atoms with Gasteiger partial charge in [-0.3, -0.25) is 4.79 Å². The first-order valence-corrected chi connectivity index (χ1v) is 4.11. The van der Waals surface area contributed by atoms with Gasteiger partial charge in [0.25, 0.3) is 0 Å². The molecule has 0 radical (unpaired) electrons. The molecule has 0 aromatic heterocycles. The Hall–Kier alpha value is 0.360. The second kappa shape index (κ2) is 5.50. The number of rotatable bonds is 4. The SMILES string of the molecule is NCCC(=O)CCI. The topological polar surface area (TPSA) is 43.1 Å². The molecule has 0 unspecified atom stereocenters. The van der Waals surface area contributed by atoms with Crippen molar-refractivity contribution in [2.24, 2.45) is 5.73 Å². The van der Waals surface area contributed by atoms with Crippen molar-refractivity contribution in [2.45, 2.75) is 12.8 Å². The lowest BCUT2D eigenvalue weighted by atomic mass is 10.2. The predicted octanol–water partition coefficient (Wildman–Crippen LogP) is 0.729. The zero-order chi connectivity index (χ0) is 6.41. The van der Waals surface area contributed by atoms with E-state index in [0.717, 1.165) is 4.43 Å². The zero-order valence-electron chi connectivity index (χ0n) is 4.69. The summed E-state index contributed by atoms with van der Waals surface area (Å²) < 4.78 is 0.913. The van der Waals surface area contributed by atoms with Gasteiger partial charge in [0.05, 0.1) is 0 Å². The highest BCUT2D eigenvalue weighted by molar-refractivity contribution is 14.1. The van der Waals surface area contributed by atoms with Crippen molar-refractivity contribution in [3.63, 3.8) is 0 Å². The first kappa shape index (κ1) is 8.36. The van der Waals surface area contributed by atoms with Gasteiger partial charge in [-0.15, -0.1) is 0 Å². The van der Waals surface area contributed by atoms with E-state index in [-0.39, 0.29) is 5.78 Å². The molecule has 0 aliphatic heterocycles. The van der Waals surface area contributed by atoms with Gasteiger partial charge in [-0.05, 0) is 6.54 Å². The van der Waals surface area contributed by atoms with Crippen LogP contribution in [0, 0.1) is 0 Å². The second-order valence-corrected chi connectivity index (χ2v) is 2.60. The molecule has 2 nitrogen and oxygen atoms in total. The Kier molecular flexibility index (Phi) is 5.74. The van der Waals surface area contributed by atoms with E-state index in [2.05, 4.69) is 22.6 Å². The van der Waals surface area contributed by atoms with Crippen LogP contribution in [0.25, 0.3) is 0 Å². The molecular weight excluding hydrogens is 217 g/mol. The summed E-state index contributed by atoms with van der Waals surface area (Å²) in [7, 11) is 0. The molecule has 0 aliphatic rings. The van der Waals surface area contributed by atoms with Crippen LogP contribution in [0.4, 0.5) is 0 Å². The Morgan fingerprint density at radius 3 is 2.50 bits per heavy atom. The fourth-order valence-corrected chi connectivity index (χ4v) is 0.993. The smallest absolute Gasteiger partial charge is 0.134 e. The van der Waals surface area contributed by atoms with Gasteiger partial charge in [-0.1, -0.05) is 22.6 Å². The first-order valence-electron chi connectivity index (χ1n) is 2.59. The van der Waals surface area contributed by atoms with Crippen molar-refractivity contribution in [1.82, 2.24) is 0 Å². The first-order chi connectivity index (χ1) is 3.81. The number of hydrogen-bond donors (Lipinski definition) is 1. The van der Waals surface area contributed by atoms with E-state index in [1.807, 2.05) is 0 Å². The Morgan fingerprint density at radius 2 is 2.12 bits per heavy atom. The van der Waals surface area contributed by atoms with Gasteiger partial charge in [0, 0.05) is 17.3 Å². The molecule has 0 aliphatic carbocycles. The zero-order valence-corrected chi connectivity index (χ0v) is 6.85. The summed E-state index contributed by atoms with van der Waals surface area (Å²) in [6, 6.07) is 0. The minimum atomic E-state index is 0.280. The van der Waals surface area contributed by atoms with Crippen LogP contribution in [0.3, 0.4) is 0 Å². The lowest BCUT2D eigenvalue weighted by molar-refractivity contribution is -0.118. The lowest BCUT2D eigenvalue weighted by Crippen LogP contribution is -2.07. The van der Waals surface area contributed by atoms with Crippen LogP contribution in [-0.4, -0.2) is 16.8 Å². The van der Waals surface area contributed by atoms with Gasteiger partial charge in [0.1, 0.15) is 5.78 Å². The second-order valence-electron chi connectivity index (χ2n) is 1.52. The third-order valence-corrected chi connectivity index (χ3v) is 1.34. The summed E-state index contributed by atoms with van der Waals surface area (Å²) >= 11 is 2.18. The van der Waals surface area contributed by atoms with Gasteiger partial charge < -0.3 is 5.73 Å². The van der Waals surface area contributed by atoms with E-state index >= 15 is 0 Å². The molecule has 0 saturated heterocycles. The van der Waals surface area contributed by atoms with E-state index in [1.165, 1.54) is 0 Å². The van der Waals surface area contributed by atoms with Crippen LogP contribution in [0.2, 0.25) is 0 Å². The molecule has 0 amide bonds. The van der Waals surface area contributed by atoms with E-state index in [9.17, 15) is 4.79 Å². The maximum Gasteiger partial charge on any atom is 0.134 e. The molecule has 0 rings (SSSR count). The third-order valence-electron chi connectivity index (χ3n) is 0.797. The van der Waals surface area contributed by atoms with E-state index in [0.29, 0.717) is 19.4 Å². The van der Waals surface area contributed by atoms with Crippen molar-refractivity contribution in [1.29, 1.82) is 0 Å². The van der Waals surface area contributed by atoms with Crippen LogP contribution < -0.4 is 5.73 Å². The van der Waals surface area contributed by atoms with Crippen LogP contribution >= 0.6 is 22.6 Å². The monoisotopic (exact) mass is 227 g/mol. The maximum atomic E-state index is 10.6. The molecule has 0 bridgehead atoms. The molecule has 3 heteroatoms. The molecule has 0 aromatic carbocycles. The summed E-state index contributed by atoms with van der Waals surface area (Å²) in [6.07, 6.45) is 1.22. The number of carbonyl (C=O) groups excluding carboxylic acids is 1. The van der Waals surface area contributed by atoms with E-state index in [1.54, 1.807) is 0 Å². The minimum absolute atomic E-state index is 0.280. The highest BCUT2D eigenvalue weighted by Gasteiger charge is 1.95. The number of nitrogens with two attached hydrogens (primary N) is 1. The summed E-state index contributed by atoms with van der Waals surface area (Å²) in [5.74, 6) is 0.280. The Balaban J connectivity index is 3.06. The molecule has 0 heterocycles. The molecule has 2 N–H and O–H groups in total. The molecule has 8 heavy (non-hydrogen) atoms. The van der Waals surface area contributed by atoms with Crippen LogP contribution in [-0.2, 0) is 4.79 Å². The molecular formula is C5H10INO. The molecule has 48 valence electrons. The van der Waals surface area contributed by atoms with E-state index in [4.69, 9.17) is 5.73 Å². The normalized spacial score (nSPS) is 9.25. The van der Waals surface area contributed by atoms with Crippen LogP contribution in [0.1, 0.15) is 12.8 Å². The van der Waals surface area contributed by atoms with Crippen molar-refractivity contribution in [2.75, 3.05) is 11.0 Å². The number of ketones is 1. The summed E-state index contributed by atoms with van der Waals surface area (Å²) in [5, 5.41) is 0. The Labute approximate surface area is 63.0 Å². The molecule has 0 saturated carbocycles. The lowest BCUT2D eigenvalue weighted by Gasteiger charge is -1.90. The van der Waals surface area contributed by atoms with Gasteiger partial charge in [-0.2, -0.15) is 0 Å². The summed E-state index contributed by atoms with van der Waals surface area (Å²) in [6.45, 7) is 0.496. The maximum absolute atomic E-state index is 10.6. The minimum Gasteiger partial charge on any atom is -0.330 e. The average Bonchev–Trinajstić information content (AvgIpc) is 1.68. The number of Topliss-reactive ketones (excluding diaryl/α,β-unsaturated/α-hetero) is 1. The molecule has 0 atom stereocenters. The number of carbonyl (C=O) groups is 1. The van der Waals surface area contributed by atoms with Crippen LogP contribution in [0.5, 0.6) is 0 Å². The predicted molar refractivity (Wildman–Crippen MR) is 42.2 cm³/mol. The van der Waals surface area contributed by atoms with Crippen molar-refractivity contribution < 1.29 is 4.79 Å². The highest BCUT2D eigenvalue weighted by atomic mass is 127. The van der Waals surface area contributed by atoms with Crippen molar-refractivity contribution in [3.05, 3.63) is 0 Å². The number of alkyl halides is 1. The van der Waals surface area contributed by atoms with Crippen molar-refractivity contribution >= 4 is 28.4 Å².